The number of hydrogen-bond acceptors (Lipinski definition) is 5. The molecule has 1 amide bonds. The highest BCUT2D eigenvalue weighted by molar-refractivity contribution is 6.09. The van der Waals surface area contributed by atoms with Crippen LogP contribution < -0.4 is 19.5 Å². The van der Waals surface area contributed by atoms with E-state index < -0.39 is 5.91 Å². The van der Waals surface area contributed by atoms with E-state index in [2.05, 4.69) is 5.32 Å². The predicted molar refractivity (Wildman–Crippen MR) is 99.4 cm³/mol. The van der Waals surface area contributed by atoms with E-state index in [-0.39, 0.29) is 5.57 Å². The fourth-order valence-corrected chi connectivity index (χ4v) is 2.26. The second-order valence-electron chi connectivity index (χ2n) is 5.20. The molecule has 134 valence electrons. The lowest BCUT2D eigenvalue weighted by atomic mass is 10.1. The van der Waals surface area contributed by atoms with E-state index in [1.54, 1.807) is 49.6 Å². The summed E-state index contributed by atoms with van der Waals surface area (Å²) in [5.74, 6) is 1.31. The normalized spacial score (nSPS) is 10.6. The van der Waals surface area contributed by atoms with Crippen molar-refractivity contribution in [3.8, 4) is 23.3 Å². The SMILES string of the molecule is CCOc1ccc(NC(=O)/C(C#N)=C\c2ccc(OC)c(OC)c2)cc1. The first-order chi connectivity index (χ1) is 12.6. The quantitative estimate of drug-likeness (QED) is 0.608. The van der Waals surface area contributed by atoms with Gasteiger partial charge in [-0.25, -0.2) is 0 Å². The number of ether oxygens (including phenoxy) is 3. The molecular weight excluding hydrogens is 332 g/mol. The molecule has 0 bridgehead atoms. The maximum atomic E-state index is 12.3. The highest BCUT2D eigenvalue weighted by Crippen LogP contribution is 2.28. The van der Waals surface area contributed by atoms with Gasteiger partial charge in [0.1, 0.15) is 17.4 Å². The lowest BCUT2D eigenvalue weighted by Crippen LogP contribution is -2.13. The lowest BCUT2D eigenvalue weighted by molar-refractivity contribution is -0.112. The van der Waals surface area contributed by atoms with Crippen LogP contribution in [0, 0.1) is 11.3 Å². The van der Waals surface area contributed by atoms with E-state index in [4.69, 9.17) is 14.2 Å². The van der Waals surface area contributed by atoms with Gasteiger partial charge in [-0.1, -0.05) is 6.07 Å². The fourth-order valence-electron chi connectivity index (χ4n) is 2.26. The minimum absolute atomic E-state index is 0.0221. The van der Waals surface area contributed by atoms with Gasteiger partial charge in [0, 0.05) is 5.69 Å². The Kier molecular flexibility index (Phi) is 6.63. The summed E-state index contributed by atoms with van der Waals surface area (Å²) >= 11 is 0. The van der Waals surface area contributed by atoms with Crippen LogP contribution in [0.5, 0.6) is 17.2 Å². The van der Waals surface area contributed by atoms with Crippen LogP contribution in [0.4, 0.5) is 5.69 Å². The number of anilines is 1. The van der Waals surface area contributed by atoms with Crippen molar-refractivity contribution in [3.63, 3.8) is 0 Å². The number of hydrogen-bond donors (Lipinski definition) is 1. The summed E-state index contributed by atoms with van der Waals surface area (Å²) in [6, 6.07) is 14.0. The van der Waals surface area contributed by atoms with Crippen molar-refractivity contribution in [1.82, 2.24) is 0 Å². The number of carbonyl (C=O) groups excluding carboxylic acids is 1. The molecule has 2 aromatic carbocycles. The first-order valence-corrected chi connectivity index (χ1v) is 7.99. The molecule has 0 spiro atoms. The Morgan fingerprint density at radius 1 is 1.12 bits per heavy atom. The van der Waals surface area contributed by atoms with Crippen molar-refractivity contribution < 1.29 is 19.0 Å². The van der Waals surface area contributed by atoms with E-state index in [1.165, 1.54) is 13.2 Å². The van der Waals surface area contributed by atoms with Gasteiger partial charge in [0.25, 0.3) is 5.91 Å². The van der Waals surface area contributed by atoms with Crippen LogP contribution in [0.25, 0.3) is 6.08 Å². The predicted octanol–water partition coefficient (Wildman–Crippen LogP) is 3.65. The van der Waals surface area contributed by atoms with Crippen molar-refractivity contribution in [2.24, 2.45) is 0 Å². The number of carbonyl (C=O) groups is 1. The maximum Gasteiger partial charge on any atom is 0.266 e. The molecule has 0 saturated heterocycles. The number of nitriles is 1. The highest BCUT2D eigenvalue weighted by atomic mass is 16.5. The van der Waals surface area contributed by atoms with Crippen molar-refractivity contribution in [3.05, 3.63) is 53.6 Å². The minimum Gasteiger partial charge on any atom is -0.494 e. The Bertz CT molecular complexity index is 836. The summed E-state index contributed by atoms with van der Waals surface area (Å²) in [4.78, 5) is 12.3. The van der Waals surface area contributed by atoms with E-state index in [0.717, 1.165) is 0 Å². The van der Waals surface area contributed by atoms with Gasteiger partial charge in [-0.15, -0.1) is 0 Å². The Balaban J connectivity index is 2.17. The van der Waals surface area contributed by atoms with Gasteiger partial charge >= 0.3 is 0 Å². The lowest BCUT2D eigenvalue weighted by Gasteiger charge is -2.08. The zero-order chi connectivity index (χ0) is 18.9. The summed E-state index contributed by atoms with van der Waals surface area (Å²) in [6.45, 7) is 2.46. The van der Waals surface area contributed by atoms with E-state index >= 15 is 0 Å². The molecule has 6 heteroatoms. The van der Waals surface area contributed by atoms with Crippen molar-refractivity contribution >= 4 is 17.7 Å². The van der Waals surface area contributed by atoms with Crippen LogP contribution in [-0.4, -0.2) is 26.7 Å². The average Bonchev–Trinajstić information content (AvgIpc) is 2.67. The molecule has 0 aromatic heterocycles. The fraction of sp³-hybridized carbons (Fsp3) is 0.200. The third-order valence-corrected chi connectivity index (χ3v) is 3.51. The molecule has 0 radical (unpaired) electrons. The Morgan fingerprint density at radius 3 is 2.38 bits per heavy atom. The zero-order valence-corrected chi connectivity index (χ0v) is 14.9. The largest absolute Gasteiger partial charge is 0.494 e. The molecule has 0 fully saturated rings. The molecule has 26 heavy (non-hydrogen) atoms. The van der Waals surface area contributed by atoms with Crippen LogP contribution in [0.2, 0.25) is 0 Å². The Labute approximate surface area is 152 Å². The van der Waals surface area contributed by atoms with Crippen molar-refractivity contribution in [2.45, 2.75) is 6.92 Å². The number of benzene rings is 2. The number of rotatable bonds is 7. The Hall–Kier alpha value is -3.46. The molecule has 0 heterocycles. The maximum absolute atomic E-state index is 12.3. The summed E-state index contributed by atoms with van der Waals surface area (Å²) in [7, 11) is 3.06. The standard InChI is InChI=1S/C20H20N2O4/c1-4-26-17-8-6-16(7-9-17)22-20(23)15(13-21)11-14-5-10-18(24-2)19(12-14)25-3/h5-12H,4H2,1-3H3,(H,22,23)/b15-11-. The molecule has 0 aliphatic carbocycles. The van der Waals surface area contributed by atoms with Gasteiger partial charge in [0.15, 0.2) is 11.5 Å². The molecule has 1 N–H and O–H groups in total. The van der Waals surface area contributed by atoms with Crippen LogP contribution in [0.15, 0.2) is 48.0 Å². The van der Waals surface area contributed by atoms with Crippen LogP contribution in [0.1, 0.15) is 12.5 Å². The summed E-state index contributed by atoms with van der Waals surface area (Å²) < 4.78 is 15.8. The summed E-state index contributed by atoms with van der Waals surface area (Å²) in [6.07, 6.45) is 1.49. The number of nitrogens with zero attached hydrogens (tertiary/aromatic N) is 1. The molecule has 0 aliphatic rings. The molecule has 0 saturated carbocycles. The van der Waals surface area contributed by atoms with Gasteiger partial charge in [-0.2, -0.15) is 5.26 Å². The van der Waals surface area contributed by atoms with Gasteiger partial charge in [-0.05, 0) is 55.0 Å². The molecule has 0 atom stereocenters. The molecule has 0 aliphatic heterocycles. The molecule has 2 rings (SSSR count). The molecular formula is C20H20N2O4. The van der Waals surface area contributed by atoms with Crippen LogP contribution >= 0.6 is 0 Å². The third-order valence-electron chi connectivity index (χ3n) is 3.51. The van der Waals surface area contributed by atoms with Gasteiger partial charge in [0.05, 0.1) is 20.8 Å². The molecule has 6 nitrogen and oxygen atoms in total. The summed E-state index contributed by atoms with van der Waals surface area (Å²) in [5.41, 5.74) is 1.21. The summed E-state index contributed by atoms with van der Waals surface area (Å²) in [5, 5.41) is 12.0. The van der Waals surface area contributed by atoms with Crippen LogP contribution in [0.3, 0.4) is 0 Å². The first kappa shape index (κ1) is 18.9. The zero-order valence-electron chi connectivity index (χ0n) is 14.9. The number of amides is 1. The van der Waals surface area contributed by atoms with Crippen molar-refractivity contribution in [1.29, 1.82) is 5.26 Å². The number of methoxy groups -OCH3 is 2. The highest BCUT2D eigenvalue weighted by Gasteiger charge is 2.11. The topological polar surface area (TPSA) is 80.6 Å². The third kappa shape index (κ3) is 4.77. The minimum atomic E-state index is -0.494. The van der Waals surface area contributed by atoms with Gasteiger partial charge < -0.3 is 19.5 Å². The van der Waals surface area contributed by atoms with E-state index in [9.17, 15) is 10.1 Å². The van der Waals surface area contributed by atoms with Crippen LogP contribution in [-0.2, 0) is 4.79 Å². The monoisotopic (exact) mass is 352 g/mol. The molecule has 0 unspecified atom stereocenters. The van der Waals surface area contributed by atoms with Gasteiger partial charge in [-0.3, -0.25) is 4.79 Å². The number of nitrogens with one attached hydrogen (secondary N) is 1. The van der Waals surface area contributed by atoms with Crippen molar-refractivity contribution in [2.75, 3.05) is 26.1 Å². The van der Waals surface area contributed by atoms with Gasteiger partial charge in [0.2, 0.25) is 0 Å². The first-order valence-electron chi connectivity index (χ1n) is 7.99. The smallest absolute Gasteiger partial charge is 0.266 e. The molecule has 2 aromatic rings. The second kappa shape index (κ2) is 9.14. The average molecular weight is 352 g/mol. The Morgan fingerprint density at radius 2 is 1.81 bits per heavy atom. The second-order valence-corrected chi connectivity index (χ2v) is 5.20. The van der Waals surface area contributed by atoms with E-state index in [1.807, 2.05) is 13.0 Å². The van der Waals surface area contributed by atoms with E-state index in [0.29, 0.717) is 35.1 Å².